The minimum atomic E-state index is -0.444. The Bertz CT molecular complexity index is 774. The van der Waals surface area contributed by atoms with Crippen LogP contribution in [0.15, 0.2) is 42.5 Å². The fourth-order valence-corrected chi connectivity index (χ4v) is 3.08. The summed E-state index contributed by atoms with van der Waals surface area (Å²) in [5.74, 6) is 1.21. The van der Waals surface area contributed by atoms with Crippen LogP contribution < -0.4 is 32.7 Å². The Kier molecular flexibility index (Phi) is 9.83. The lowest BCUT2D eigenvalue weighted by Gasteiger charge is -2.22. The molecular formula is C23H33ClN3O2-. The van der Waals surface area contributed by atoms with E-state index in [4.69, 9.17) is 4.74 Å². The van der Waals surface area contributed by atoms with E-state index in [1.165, 1.54) is 5.56 Å². The Morgan fingerprint density at radius 2 is 1.66 bits per heavy atom. The van der Waals surface area contributed by atoms with Crippen LogP contribution in [0.25, 0.3) is 0 Å². The van der Waals surface area contributed by atoms with Crippen LogP contribution in [0.5, 0.6) is 5.75 Å². The minimum Gasteiger partial charge on any atom is -1.00 e. The van der Waals surface area contributed by atoms with Crippen molar-refractivity contribution in [3.05, 3.63) is 53.6 Å². The Hall–Kier alpha value is -2.40. The van der Waals surface area contributed by atoms with Crippen molar-refractivity contribution >= 4 is 17.4 Å². The summed E-state index contributed by atoms with van der Waals surface area (Å²) in [6.45, 7) is 14.3. The average molecular weight is 419 g/mol. The van der Waals surface area contributed by atoms with Gasteiger partial charge in [0.15, 0.2) is 6.23 Å². The van der Waals surface area contributed by atoms with Crippen LogP contribution >= 0.6 is 0 Å². The number of rotatable bonds is 8. The maximum atomic E-state index is 12.3. The number of anilines is 2. The number of nitrogens with one attached hydrogen (secondary N) is 2. The molecule has 5 nitrogen and oxygen atoms in total. The molecule has 0 saturated carbocycles. The molecule has 2 amide bonds. The molecule has 0 aromatic heterocycles. The van der Waals surface area contributed by atoms with Gasteiger partial charge in [-0.15, -0.1) is 0 Å². The zero-order chi connectivity index (χ0) is 20.7. The first kappa shape index (κ1) is 24.6. The minimum absolute atomic E-state index is 0. The molecule has 160 valence electrons. The largest absolute Gasteiger partial charge is 1.00 e. The summed E-state index contributed by atoms with van der Waals surface area (Å²) in [6, 6.07) is 13.7. The highest BCUT2D eigenvalue weighted by Gasteiger charge is 2.11. The lowest BCUT2D eigenvalue weighted by atomic mass is 10.0. The second-order valence-corrected chi connectivity index (χ2v) is 7.25. The number of urea groups is 1. The van der Waals surface area contributed by atoms with Crippen molar-refractivity contribution in [3.8, 4) is 5.75 Å². The number of nitrogens with zero attached hydrogens (tertiary/aromatic N) is 1. The van der Waals surface area contributed by atoms with Crippen LogP contribution in [0.1, 0.15) is 51.7 Å². The average Bonchev–Trinajstić information content (AvgIpc) is 2.65. The molecule has 2 rings (SSSR count). The predicted octanol–water partition coefficient (Wildman–Crippen LogP) is 2.52. The summed E-state index contributed by atoms with van der Waals surface area (Å²) < 4.78 is 5.79. The summed E-state index contributed by atoms with van der Waals surface area (Å²) >= 11 is 0. The molecule has 1 unspecified atom stereocenters. The third-order valence-electron chi connectivity index (χ3n) is 4.78. The molecule has 0 bridgehead atoms. The maximum Gasteiger partial charge on any atom is 0.322 e. The van der Waals surface area contributed by atoms with E-state index in [-0.39, 0.29) is 18.4 Å². The second kappa shape index (κ2) is 11.6. The van der Waals surface area contributed by atoms with Gasteiger partial charge in [-0.1, -0.05) is 26.0 Å². The Labute approximate surface area is 181 Å². The lowest BCUT2D eigenvalue weighted by molar-refractivity contribution is -0.0000114. The van der Waals surface area contributed by atoms with Gasteiger partial charge >= 0.3 is 6.03 Å². The van der Waals surface area contributed by atoms with Crippen molar-refractivity contribution < 1.29 is 21.9 Å². The fourth-order valence-electron chi connectivity index (χ4n) is 3.08. The number of ether oxygens (including phenoxy) is 1. The first-order valence-electron chi connectivity index (χ1n) is 10.0. The van der Waals surface area contributed by atoms with E-state index < -0.39 is 6.23 Å². The summed E-state index contributed by atoms with van der Waals surface area (Å²) in [5, 5.41) is 5.72. The first-order valence-corrected chi connectivity index (χ1v) is 10.0. The molecule has 0 heterocycles. The highest BCUT2D eigenvalue weighted by molar-refractivity contribution is 5.90. The molecule has 0 radical (unpaired) electrons. The quantitative estimate of drug-likeness (QED) is 0.648. The van der Waals surface area contributed by atoms with Gasteiger partial charge in [0, 0.05) is 24.5 Å². The number of hydrogen-bond acceptors (Lipinski definition) is 3. The molecule has 2 N–H and O–H groups in total. The van der Waals surface area contributed by atoms with E-state index in [0.717, 1.165) is 35.8 Å². The highest BCUT2D eigenvalue weighted by atomic mass is 35.5. The summed E-state index contributed by atoms with van der Waals surface area (Å²) in [6.07, 6.45) is -0.444. The monoisotopic (exact) mass is 418 g/mol. The van der Waals surface area contributed by atoms with E-state index in [9.17, 15) is 4.79 Å². The first-order chi connectivity index (χ1) is 13.3. The molecule has 0 spiro atoms. The van der Waals surface area contributed by atoms with Crippen molar-refractivity contribution in [2.24, 2.45) is 0 Å². The third kappa shape index (κ3) is 7.17. The highest BCUT2D eigenvalue weighted by Crippen LogP contribution is 2.23. The molecule has 0 fully saturated rings. The fraction of sp³-hybridized carbons (Fsp3) is 0.435. The lowest BCUT2D eigenvalue weighted by Crippen LogP contribution is -3.00. The molecule has 0 aliphatic carbocycles. The van der Waals surface area contributed by atoms with Crippen LogP contribution in [0.4, 0.5) is 16.2 Å². The zero-order valence-electron chi connectivity index (χ0n) is 18.3. The molecule has 0 saturated heterocycles. The molecule has 29 heavy (non-hydrogen) atoms. The van der Waals surface area contributed by atoms with Crippen molar-refractivity contribution in [1.82, 2.24) is 5.32 Å². The number of carbonyl (C=O) groups is 1. The number of benzene rings is 2. The maximum absolute atomic E-state index is 12.3. The van der Waals surface area contributed by atoms with Crippen LogP contribution in [-0.4, -0.2) is 25.3 Å². The Morgan fingerprint density at radius 3 is 2.17 bits per heavy atom. The third-order valence-corrected chi connectivity index (χ3v) is 4.78. The van der Waals surface area contributed by atoms with Crippen LogP contribution in [0.3, 0.4) is 0 Å². The molecule has 2 aromatic rings. The van der Waals surface area contributed by atoms with Gasteiger partial charge in [0.2, 0.25) is 0 Å². The number of hydrogen-bond donors (Lipinski definition) is 2. The topological polar surface area (TPSA) is 53.6 Å². The molecule has 0 aliphatic heterocycles. The number of halogens is 1. The van der Waals surface area contributed by atoms with Crippen molar-refractivity contribution in [3.63, 3.8) is 0 Å². The zero-order valence-corrected chi connectivity index (χ0v) is 19.0. The normalized spacial score (nSPS) is 11.4. The van der Waals surface area contributed by atoms with Crippen LogP contribution in [0, 0.1) is 6.92 Å². The van der Waals surface area contributed by atoms with E-state index in [2.05, 4.69) is 49.3 Å². The van der Waals surface area contributed by atoms with Crippen molar-refractivity contribution in [2.75, 3.05) is 23.3 Å². The second-order valence-electron chi connectivity index (χ2n) is 7.25. The van der Waals surface area contributed by atoms with Gasteiger partial charge < -0.3 is 32.7 Å². The van der Waals surface area contributed by atoms with Crippen LogP contribution in [-0.2, 0) is 0 Å². The Morgan fingerprint density at radius 1 is 1.03 bits per heavy atom. The van der Waals surface area contributed by atoms with Gasteiger partial charge in [0.05, 0.1) is 0 Å². The summed E-state index contributed by atoms with van der Waals surface area (Å²) in [7, 11) is 0. The molecule has 2 aromatic carbocycles. The molecule has 1 atom stereocenters. The van der Waals surface area contributed by atoms with Gasteiger partial charge in [-0.3, -0.25) is 0 Å². The molecular weight excluding hydrogens is 386 g/mol. The van der Waals surface area contributed by atoms with Gasteiger partial charge in [0.25, 0.3) is 0 Å². The number of carbonyl (C=O) groups excluding carboxylic acids is 1. The number of amides is 2. The van der Waals surface area contributed by atoms with Gasteiger partial charge in [0.1, 0.15) is 5.75 Å². The van der Waals surface area contributed by atoms with E-state index >= 15 is 0 Å². The molecule has 0 aliphatic rings. The van der Waals surface area contributed by atoms with Crippen molar-refractivity contribution in [2.45, 2.75) is 53.7 Å². The van der Waals surface area contributed by atoms with Gasteiger partial charge in [-0.25, -0.2) is 4.79 Å². The molecule has 6 heteroatoms. The van der Waals surface area contributed by atoms with E-state index in [1.54, 1.807) is 0 Å². The Balaban J connectivity index is 0.00000420. The van der Waals surface area contributed by atoms with Crippen molar-refractivity contribution in [1.29, 1.82) is 0 Å². The van der Waals surface area contributed by atoms with Gasteiger partial charge in [-0.2, -0.15) is 0 Å². The summed E-state index contributed by atoms with van der Waals surface area (Å²) in [4.78, 5) is 14.6. The predicted molar refractivity (Wildman–Crippen MR) is 118 cm³/mol. The number of aryl methyl sites for hydroxylation is 1. The smallest absolute Gasteiger partial charge is 0.322 e. The van der Waals surface area contributed by atoms with E-state index in [0.29, 0.717) is 5.92 Å². The van der Waals surface area contributed by atoms with Gasteiger partial charge in [-0.05, 0) is 75.1 Å². The van der Waals surface area contributed by atoms with Crippen LogP contribution in [0.2, 0.25) is 0 Å². The SMILES string of the molecule is CCN(CC)c1ccc(NC(=O)NC(C)Oc2ccc(C(C)C)cc2)c(C)c1.[Cl-]. The standard InChI is InChI=1S/C23H33N3O2.ClH/c1-7-26(8-2)20-11-14-22(17(5)15-20)25-23(27)24-18(6)28-21-12-9-19(10-13-21)16(3)4;/h9-16,18H,7-8H2,1-6H3,(H2,24,25,27);1H/p-1. The summed E-state index contributed by atoms with van der Waals surface area (Å²) in [5.41, 5.74) is 4.24. The van der Waals surface area contributed by atoms with E-state index in [1.807, 2.05) is 50.2 Å².